The number of carboxylic acids is 1. The first-order chi connectivity index (χ1) is 10.6. The molecule has 1 N–H and O–H groups in total. The molecule has 3 nitrogen and oxygen atoms in total. The van der Waals surface area contributed by atoms with Crippen LogP contribution in [0, 0.1) is 0 Å². The highest BCUT2D eigenvalue weighted by atomic mass is 79.9. The number of hydrogen-bond donors (Lipinski definition) is 1. The lowest BCUT2D eigenvalue weighted by atomic mass is 10.1. The summed E-state index contributed by atoms with van der Waals surface area (Å²) in [5.74, 6) is -0.597. The highest BCUT2D eigenvalue weighted by Crippen LogP contribution is 2.32. The summed E-state index contributed by atoms with van der Waals surface area (Å²) in [4.78, 5) is 11.5. The smallest absolute Gasteiger partial charge is 0.339 e. The number of benzene rings is 3. The van der Waals surface area contributed by atoms with Gasteiger partial charge in [0.05, 0.1) is 0 Å². The minimum Gasteiger partial charge on any atom is -0.487 e. The van der Waals surface area contributed by atoms with Crippen LogP contribution in [0.2, 0.25) is 0 Å². The maximum absolute atomic E-state index is 11.5. The Hall–Kier alpha value is -2.33. The van der Waals surface area contributed by atoms with E-state index in [0.717, 1.165) is 20.8 Å². The van der Waals surface area contributed by atoms with Crippen LogP contribution in [0.1, 0.15) is 15.9 Å². The molecule has 0 bridgehead atoms. The van der Waals surface area contributed by atoms with Crippen molar-refractivity contribution in [2.75, 3.05) is 0 Å². The van der Waals surface area contributed by atoms with E-state index in [2.05, 4.69) is 15.9 Å². The number of aromatic carboxylic acids is 1. The van der Waals surface area contributed by atoms with Gasteiger partial charge in [0.2, 0.25) is 0 Å². The molecule has 0 amide bonds. The molecule has 4 heteroatoms. The number of rotatable bonds is 4. The summed E-state index contributed by atoms with van der Waals surface area (Å²) in [7, 11) is 0. The lowest BCUT2D eigenvalue weighted by Gasteiger charge is -2.13. The molecule has 0 aliphatic rings. The molecule has 0 spiro atoms. The molecule has 22 heavy (non-hydrogen) atoms. The minimum absolute atomic E-state index is 0.168. The summed E-state index contributed by atoms with van der Waals surface area (Å²) in [6.07, 6.45) is 0. The van der Waals surface area contributed by atoms with Crippen LogP contribution in [0.15, 0.2) is 65.1 Å². The third kappa shape index (κ3) is 2.97. The zero-order valence-electron chi connectivity index (χ0n) is 11.6. The molecule has 0 aromatic heterocycles. The van der Waals surface area contributed by atoms with Crippen LogP contribution in [0.25, 0.3) is 10.8 Å². The Kier molecular flexibility index (Phi) is 4.11. The molecule has 3 aromatic carbocycles. The fourth-order valence-electron chi connectivity index (χ4n) is 2.32. The topological polar surface area (TPSA) is 46.5 Å². The predicted octanol–water partition coefficient (Wildman–Crippen LogP) is 4.88. The van der Waals surface area contributed by atoms with Gasteiger partial charge in [-0.3, -0.25) is 0 Å². The molecule has 0 saturated carbocycles. The number of carbonyl (C=O) groups is 1. The number of hydrogen-bond acceptors (Lipinski definition) is 2. The van der Waals surface area contributed by atoms with E-state index in [-0.39, 0.29) is 5.56 Å². The van der Waals surface area contributed by atoms with Crippen molar-refractivity contribution >= 4 is 32.7 Å². The number of fused-ring (bicyclic) bond motifs is 1. The molecule has 3 aromatic rings. The second-order valence-corrected chi connectivity index (χ2v) is 5.80. The average molecular weight is 357 g/mol. The SMILES string of the molecule is O=C(O)c1ccc2ccc(Br)cc2c1OCc1ccccc1. The van der Waals surface area contributed by atoms with Gasteiger partial charge >= 0.3 is 5.97 Å². The Balaban J connectivity index is 2.06. The summed E-state index contributed by atoms with van der Waals surface area (Å²) in [5, 5.41) is 11.1. The number of carboxylic acid groups (broad SMARTS) is 1. The Morgan fingerprint density at radius 1 is 1.05 bits per heavy atom. The zero-order chi connectivity index (χ0) is 15.5. The standard InChI is InChI=1S/C18H13BrO3/c19-14-8-6-13-7-9-15(18(20)21)17(16(13)10-14)22-11-12-4-2-1-3-5-12/h1-10H,11H2,(H,20,21). The van der Waals surface area contributed by atoms with Gasteiger partial charge in [-0.05, 0) is 29.1 Å². The van der Waals surface area contributed by atoms with Crippen molar-refractivity contribution in [2.24, 2.45) is 0 Å². The average Bonchev–Trinajstić information content (AvgIpc) is 2.53. The molecule has 110 valence electrons. The van der Waals surface area contributed by atoms with E-state index in [1.807, 2.05) is 48.5 Å². The number of ether oxygens (including phenoxy) is 1. The lowest BCUT2D eigenvalue weighted by molar-refractivity contribution is 0.0692. The fourth-order valence-corrected chi connectivity index (χ4v) is 2.68. The largest absolute Gasteiger partial charge is 0.487 e. The van der Waals surface area contributed by atoms with Crippen molar-refractivity contribution in [3.63, 3.8) is 0 Å². The quantitative estimate of drug-likeness (QED) is 0.724. The summed E-state index contributed by atoms with van der Waals surface area (Å²) in [6.45, 7) is 0.326. The molecule has 0 heterocycles. The molecular weight excluding hydrogens is 344 g/mol. The van der Waals surface area contributed by atoms with Gasteiger partial charge in [0.15, 0.2) is 0 Å². The van der Waals surface area contributed by atoms with Gasteiger partial charge in [-0.1, -0.05) is 58.4 Å². The number of halogens is 1. The van der Waals surface area contributed by atoms with Crippen molar-refractivity contribution < 1.29 is 14.6 Å². The summed E-state index contributed by atoms with van der Waals surface area (Å²) >= 11 is 3.42. The minimum atomic E-state index is -0.995. The van der Waals surface area contributed by atoms with Crippen LogP contribution in [0.4, 0.5) is 0 Å². The molecule has 0 aliphatic carbocycles. The molecule has 0 atom stereocenters. The van der Waals surface area contributed by atoms with Gasteiger partial charge in [-0.15, -0.1) is 0 Å². The summed E-state index contributed by atoms with van der Waals surface area (Å²) in [6, 6.07) is 18.8. The maximum atomic E-state index is 11.5. The molecule has 0 fully saturated rings. The normalized spacial score (nSPS) is 10.6. The van der Waals surface area contributed by atoms with Gasteiger partial charge in [0.25, 0.3) is 0 Å². The van der Waals surface area contributed by atoms with Gasteiger partial charge in [-0.2, -0.15) is 0 Å². The molecule has 0 aliphatic heterocycles. The summed E-state index contributed by atoms with van der Waals surface area (Å²) < 4.78 is 6.73. The van der Waals surface area contributed by atoms with E-state index in [0.29, 0.717) is 12.4 Å². The van der Waals surface area contributed by atoms with E-state index in [1.165, 1.54) is 0 Å². The second-order valence-electron chi connectivity index (χ2n) is 4.89. The van der Waals surface area contributed by atoms with Gasteiger partial charge in [0, 0.05) is 9.86 Å². The van der Waals surface area contributed by atoms with Gasteiger partial charge in [0.1, 0.15) is 17.9 Å². The molecule has 3 rings (SSSR count). The van der Waals surface area contributed by atoms with Crippen molar-refractivity contribution in [3.8, 4) is 5.75 Å². The fraction of sp³-hybridized carbons (Fsp3) is 0.0556. The molecular formula is C18H13BrO3. The Morgan fingerprint density at radius 3 is 2.50 bits per heavy atom. The van der Waals surface area contributed by atoms with E-state index in [1.54, 1.807) is 12.1 Å². The first kappa shape index (κ1) is 14.6. The van der Waals surface area contributed by atoms with Crippen LogP contribution < -0.4 is 4.74 Å². The first-order valence-electron chi connectivity index (χ1n) is 6.77. The van der Waals surface area contributed by atoms with E-state index >= 15 is 0 Å². The van der Waals surface area contributed by atoms with Crippen molar-refractivity contribution in [2.45, 2.75) is 6.61 Å². The van der Waals surface area contributed by atoms with Crippen LogP contribution in [0.3, 0.4) is 0 Å². The highest BCUT2D eigenvalue weighted by Gasteiger charge is 2.15. The third-order valence-corrected chi connectivity index (χ3v) is 3.88. The monoisotopic (exact) mass is 356 g/mol. The van der Waals surface area contributed by atoms with E-state index < -0.39 is 5.97 Å². The zero-order valence-corrected chi connectivity index (χ0v) is 13.2. The summed E-state index contributed by atoms with van der Waals surface area (Å²) in [5.41, 5.74) is 1.16. The van der Waals surface area contributed by atoms with E-state index in [4.69, 9.17) is 4.74 Å². The Labute approximate surface area is 136 Å². The van der Waals surface area contributed by atoms with Crippen LogP contribution in [0.5, 0.6) is 5.75 Å². The van der Waals surface area contributed by atoms with Crippen LogP contribution >= 0.6 is 15.9 Å². The van der Waals surface area contributed by atoms with Crippen LogP contribution in [-0.2, 0) is 6.61 Å². The third-order valence-electron chi connectivity index (χ3n) is 3.39. The maximum Gasteiger partial charge on any atom is 0.339 e. The second kappa shape index (κ2) is 6.20. The highest BCUT2D eigenvalue weighted by molar-refractivity contribution is 9.10. The predicted molar refractivity (Wildman–Crippen MR) is 89.4 cm³/mol. The van der Waals surface area contributed by atoms with Crippen molar-refractivity contribution in [3.05, 3.63) is 76.3 Å². The first-order valence-corrected chi connectivity index (χ1v) is 7.57. The Bertz CT molecular complexity index is 828. The van der Waals surface area contributed by atoms with Gasteiger partial charge in [-0.25, -0.2) is 4.79 Å². The van der Waals surface area contributed by atoms with E-state index in [9.17, 15) is 9.90 Å². The van der Waals surface area contributed by atoms with Crippen molar-refractivity contribution in [1.82, 2.24) is 0 Å². The van der Waals surface area contributed by atoms with Crippen LogP contribution in [-0.4, -0.2) is 11.1 Å². The lowest BCUT2D eigenvalue weighted by Crippen LogP contribution is -2.04. The van der Waals surface area contributed by atoms with Gasteiger partial charge < -0.3 is 9.84 Å². The molecule has 0 saturated heterocycles. The Morgan fingerprint density at radius 2 is 1.77 bits per heavy atom. The molecule has 0 unspecified atom stereocenters. The molecule has 0 radical (unpaired) electrons. The van der Waals surface area contributed by atoms with Crippen molar-refractivity contribution in [1.29, 1.82) is 0 Å².